The number of hydrogen-bond donors (Lipinski definition) is 3. The summed E-state index contributed by atoms with van der Waals surface area (Å²) >= 11 is 5.91. The van der Waals surface area contributed by atoms with E-state index in [-0.39, 0.29) is 0 Å². The highest BCUT2D eigenvalue weighted by Gasteiger charge is 2.17. The van der Waals surface area contributed by atoms with E-state index >= 15 is 0 Å². The van der Waals surface area contributed by atoms with Gasteiger partial charge in [0.05, 0.1) is 10.7 Å². The van der Waals surface area contributed by atoms with E-state index in [4.69, 9.17) is 16.7 Å². The van der Waals surface area contributed by atoms with Gasteiger partial charge in [-0.25, -0.2) is 9.59 Å². The van der Waals surface area contributed by atoms with E-state index in [0.717, 1.165) is 5.56 Å². The SMILES string of the molecule is CCC(NC(=O)Nc1cc(C)ccc1Cl)C(=O)O. The number of hydrogen-bond acceptors (Lipinski definition) is 2. The molecular weight excluding hydrogens is 256 g/mol. The lowest BCUT2D eigenvalue weighted by Crippen LogP contribution is -2.42. The molecule has 0 heterocycles. The third-order valence-corrected chi connectivity index (χ3v) is 2.71. The van der Waals surface area contributed by atoms with E-state index in [1.807, 2.05) is 13.0 Å². The lowest BCUT2D eigenvalue weighted by atomic mass is 10.2. The standard InChI is InChI=1S/C12H15ClN2O3/c1-3-9(11(16)17)14-12(18)15-10-6-7(2)4-5-8(10)13/h4-6,9H,3H2,1-2H3,(H,16,17)(H2,14,15,18). The van der Waals surface area contributed by atoms with Crippen LogP contribution in [0.25, 0.3) is 0 Å². The number of urea groups is 1. The van der Waals surface area contributed by atoms with E-state index in [9.17, 15) is 9.59 Å². The maximum absolute atomic E-state index is 11.6. The molecule has 1 rings (SSSR count). The molecule has 0 aromatic heterocycles. The minimum Gasteiger partial charge on any atom is -0.480 e. The highest BCUT2D eigenvalue weighted by atomic mass is 35.5. The summed E-state index contributed by atoms with van der Waals surface area (Å²) in [5.41, 5.74) is 1.40. The van der Waals surface area contributed by atoms with Crippen molar-refractivity contribution < 1.29 is 14.7 Å². The van der Waals surface area contributed by atoms with Crippen molar-refractivity contribution in [2.24, 2.45) is 0 Å². The predicted octanol–water partition coefficient (Wildman–Crippen LogP) is 2.63. The first-order chi connectivity index (χ1) is 8.43. The Morgan fingerprint density at radius 1 is 1.44 bits per heavy atom. The summed E-state index contributed by atoms with van der Waals surface area (Å²) in [6, 6.07) is 3.70. The number of aliphatic carboxylic acids is 1. The first-order valence-corrected chi connectivity index (χ1v) is 5.88. The van der Waals surface area contributed by atoms with Crippen molar-refractivity contribution in [3.05, 3.63) is 28.8 Å². The number of carbonyl (C=O) groups is 2. The zero-order valence-corrected chi connectivity index (χ0v) is 10.9. The maximum atomic E-state index is 11.6. The number of aryl methyl sites for hydroxylation is 1. The average molecular weight is 271 g/mol. The van der Waals surface area contributed by atoms with Gasteiger partial charge in [0, 0.05) is 0 Å². The van der Waals surface area contributed by atoms with Gasteiger partial charge in [-0.15, -0.1) is 0 Å². The zero-order chi connectivity index (χ0) is 13.7. The third-order valence-electron chi connectivity index (χ3n) is 2.38. The van der Waals surface area contributed by atoms with Crippen LogP contribution in [0.4, 0.5) is 10.5 Å². The Morgan fingerprint density at radius 2 is 2.11 bits per heavy atom. The Balaban J connectivity index is 2.70. The molecule has 5 nitrogen and oxygen atoms in total. The predicted molar refractivity (Wildman–Crippen MR) is 70.1 cm³/mol. The molecular formula is C12H15ClN2O3. The highest BCUT2D eigenvalue weighted by molar-refractivity contribution is 6.33. The van der Waals surface area contributed by atoms with Crippen LogP contribution >= 0.6 is 11.6 Å². The largest absolute Gasteiger partial charge is 0.480 e. The average Bonchev–Trinajstić information content (AvgIpc) is 2.30. The van der Waals surface area contributed by atoms with E-state index < -0.39 is 18.0 Å². The third kappa shape index (κ3) is 3.92. The van der Waals surface area contributed by atoms with E-state index in [2.05, 4.69) is 10.6 Å². The number of carbonyl (C=O) groups excluding carboxylic acids is 1. The minimum absolute atomic E-state index is 0.310. The van der Waals surface area contributed by atoms with Crippen molar-refractivity contribution in [1.82, 2.24) is 5.32 Å². The number of halogens is 1. The first-order valence-electron chi connectivity index (χ1n) is 5.50. The number of carboxylic acid groups (broad SMARTS) is 1. The van der Waals surface area contributed by atoms with Gasteiger partial charge >= 0.3 is 12.0 Å². The quantitative estimate of drug-likeness (QED) is 0.787. The number of nitrogens with one attached hydrogen (secondary N) is 2. The Labute approximate surface area is 110 Å². The van der Waals surface area contributed by atoms with Crippen LogP contribution in [0.3, 0.4) is 0 Å². The first kappa shape index (κ1) is 14.3. The van der Waals surface area contributed by atoms with Crippen molar-refractivity contribution in [3.8, 4) is 0 Å². The summed E-state index contributed by atoms with van der Waals surface area (Å²) in [4.78, 5) is 22.4. The Kier molecular flexibility index (Phi) is 4.97. The fourth-order valence-electron chi connectivity index (χ4n) is 1.39. The molecule has 0 fully saturated rings. The second kappa shape index (κ2) is 6.26. The molecule has 18 heavy (non-hydrogen) atoms. The van der Waals surface area contributed by atoms with Crippen LogP contribution in [0.15, 0.2) is 18.2 Å². The van der Waals surface area contributed by atoms with Gasteiger partial charge in [-0.2, -0.15) is 0 Å². The van der Waals surface area contributed by atoms with Crippen molar-refractivity contribution in [2.45, 2.75) is 26.3 Å². The second-order valence-corrected chi connectivity index (χ2v) is 4.29. The molecule has 98 valence electrons. The number of rotatable bonds is 4. The van der Waals surface area contributed by atoms with E-state index in [1.54, 1.807) is 19.1 Å². The van der Waals surface area contributed by atoms with E-state index in [0.29, 0.717) is 17.1 Å². The summed E-state index contributed by atoms with van der Waals surface area (Å²) in [6.07, 6.45) is 0.310. The fourth-order valence-corrected chi connectivity index (χ4v) is 1.55. The normalized spacial score (nSPS) is 11.7. The number of amides is 2. The maximum Gasteiger partial charge on any atom is 0.326 e. The van der Waals surface area contributed by atoms with Gasteiger partial charge in [0.25, 0.3) is 0 Å². The molecule has 1 unspecified atom stereocenters. The molecule has 6 heteroatoms. The van der Waals surface area contributed by atoms with Crippen LogP contribution in [-0.4, -0.2) is 23.1 Å². The summed E-state index contributed by atoms with van der Waals surface area (Å²) in [6.45, 7) is 3.55. The van der Waals surface area contributed by atoms with Crippen LogP contribution in [0.2, 0.25) is 5.02 Å². The molecule has 0 bridgehead atoms. The highest BCUT2D eigenvalue weighted by Crippen LogP contribution is 2.22. The van der Waals surface area contributed by atoms with Gasteiger partial charge in [-0.05, 0) is 31.0 Å². The molecule has 1 atom stereocenters. The van der Waals surface area contributed by atoms with Crippen molar-refractivity contribution >= 4 is 29.3 Å². The molecule has 0 aliphatic rings. The van der Waals surface area contributed by atoms with Crippen LogP contribution < -0.4 is 10.6 Å². The summed E-state index contributed by atoms with van der Waals surface area (Å²) in [5.74, 6) is -1.07. The smallest absolute Gasteiger partial charge is 0.326 e. The topological polar surface area (TPSA) is 78.4 Å². The van der Waals surface area contributed by atoms with E-state index in [1.165, 1.54) is 0 Å². The molecule has 0 spiro atoms. The van der Waals surface area contributed by atoms with Crippen molar-refractivity contribution in [1.29, 1.82) is 0 Å². The summed E-state index contributed by atoms with van der Waals surface area (Å²) < 4.78 is 0. The van der Waals surface area contributed by atoms with Crippen molar-refractivity contribution in [2.75, 3.05) is 5.32 Å². The zero-order valence-electron chi connectivity index (χ0n) is 10.2. The van der Waals surface area contributed by atoms with Crippen LogP contribution in [-0.2, 0) is 4.79 Å². The fraction of sp³-hybridized carbons (Fsp3) is 0.333. The van der Waals surface area contributed by atoms with Crippen molar-refractivity contribution in [3.63, 3.8) is 0 Å². The molecule has 1 aromatic carbocycles. The lowest BCUT2D eigenvalue weighted by molar-refractivity contribution is -0.139. The molecule has 1 aromatic rings. The molecule has 0 radical (unpaired) electrons. The Morgan fingerprint density at radius 3 is 2.67 bits per heavy atom. The van der Waals surface area contributed by atoms with Gasteiger partial charge in [-0.1, -0.05) is 24.6 Å². The van der Waals surface area contributed by atoms with Gasteiger partial charge in [0.1, 0.15) is 6.04 Å². The lowest BCUT2D eigenvalue weighted by Gasteiger charge is -2.14. The Bertz CT molecular complexity index is 463. The van der Waals surface area contributed by atoms with Crippen LogP contribution in [0.1, 0.15) is 18.9 Å². The van der Waals surface area contributed by atoms with Gasteiger partial charge in [0.15, 0.2) is 0 Å². The molecule has 0 aliphatic heterocycles. The summed E-state index contributed by atoms with van der Waals surface area (Å²) in [5, 5.41) is 14.1. The molecule has 0 saturated heterocycles. The second-order valence-electron chi connectivity index (χ2n) is 3.88. The van der Waals surface area contributed by atoms with Gasteiger partial charge < -0.3 is 15.7 Å². The Hall–Kier alpha value is -1.75. The number of carboxylic acids is 1. The van der Waals surface area contributed by atoms with Crippen LogP contribution in [0, 0.1) is 6.92 Å². The number of anilines is 1. The molecule has 0 aliphatic carbocycles. The monoisotopic (exact) mass is 270 g/mol. The minimum atomic E-state index is -1.07. The number of benzene rings is 1. The van der Waals surface area contributed by atoms with Crippen LogP contribution in [0.5, 0.6) is 0 Å². The molecule has 0 saturated carbocycles. The van der Waals surface area contributed by atoms with Gasteiger partial charge in [0.2, 0.25) is 0 Å². The molecule has 2 amide bonds. The molecule has 3 N–H and O–H groups in total. The summed E-state index contributed by atoms with van der Waals surface area (Å²) in [7, 11) is 0. The van der Waals surface area contributed by atoms with Gasteiger partial charge in [-0.3, -0.25) is 0 Å².